The van der Waals surface area contributed by atoms with Crippen LogP contribution in [0.2, 0.25) is 0 Å². The summed E-state index contributed by atoms with van der Waals surface area (Å²) in [5, 5.41) is 8.55. The van der Waals surface area contributed by atoms with E-state index in [0.29, 0.717) is 12.2 Å². The summed E-state index contributed by atoms with van der Waals surface area (Å²) in [4.78, 5) is 11.0. The Morgan fingerprint density at radius 3 is 2.20 bits per heavy atom. The first-order chi connectivity index (χ1) is 7.18. The van der Waals surface area contributed by atoms with E-state index in [-0.39, 0.29) is 12.6 Å². The van der Waals surface area contributed by atoms with E-state index in [9.17, 15) is 4.79 Å². The van der Waals surface area contributed by atoms with E-state index in [1.54, 1.807) is 6.92 Å². The number of hydrogen-bond acceptors (Lipinski definition) is 3. The molecule has 3 heteroatoms. The maximum absolute atomic E-state index is 11.0. The van der Waals surface area contributed by atoms with Crippen LogP contribution in [-0.2, 0) is 9.53 Å². The van der Waals surface area contributed by atoms with Crippen molar-refractivity contribution >= 4 is 5.97 Å². The molecule has 0 aromatic carbocycles. The normalized spacial score (nSPS) is 10.0. The van der Waals surface area contributed by atoms with Gasteiger partial charge in [-0.05, 0) is 19.8 Å². The van der Waals surface area contributed by atoms with Crippen molar-refractivity contribution < 1.29 is 14.6 Å². The van der Waals surface area contributed by atoms with E-state index in [1.807, 2.05) is 0 Å². The largest absolute Gasteiger partial charge is 0.462 e. The Labute approximate surface area is 92.1 Å². The zero-order valence-electron chi connectivity index (χ0n) is 9.63. The summed E-state index contributed by atoms with van der Waals surface area (Å²) in [5.74, 6) is -0.296. The van der Waals surface area contributed by atoms with Gasteiger partial charge in [0, 0.05) is 12.2 Å². The van der Waals surface area contributed by atoms with Crippen molar-refractivity contribution in [2.45, 2.75) is 45.4 Å². The maximum atomic E-state index is 11.0. The summed E-state index contributed by atoms with van der Waals surface area (Å²) in [6, 6.07) is 0. The number of unbranched alkanes of at least 4 members (excludes halogenated alkanes) is 5. The van der Waals surface area contributed by atoms with Crippen LogP contribution in [-0.4, -0.2) is 24.3 Å². The highest BCUT2D eigenvalue weighted by atomic mass is 16.5. The summed E-state index contributed by atoms with van der Waals surface area (Å²) in [6.45, 7) is 5.94. The predicted molar refractivity (Wildman–Crippen MR) is 60.6 cm³/mol. The van der Waals surface area contributed by atoms with Gasteiger partial charge in [-0.25, -0.2) is 4.79 Å². The van der Waals surface area contributed by atoms with E-state index in [4.69, 9.17) is 9.84 Å². The average Bonchev–Trinajstić information content (AvgIpc) is 2.21. The highest BCUT2D eigenvalue weighted by Crippen LogP contribution is 2.05. The van der Waals surface area contributed by atoms with Crippen LogP contribution >= 0.6 is 0 Å². The van der Waals surface area contributed by atoms with Gasteiger partial charge >= 0.3 is 5.97 Å². The van der Waals surface area contributed by atoms with Crippen molar-refractivity contribution in [1.29, 1.82) is 0 Å². The quantitative estimate of drug-likeness (QED) is 0.364. The minimum absolute atomic E-state index is 0.288. The van der Waals surface area contributed by atoms with Crippen LogP contribution in [0.4, 0.5) is 0 Å². The standard InChI is InChI=1S/C12H22O3/c1-11(2)12(14)15-10-8-6-4-3-5-7-9-13/h13H,1,3-10H2,2H3. The lowest BCUT2D eigenvalue weighted by Gasteiger charge is -2.03. The van der Waals surface area contributed by atoms with Gasteiger partial charge in [0.15, 0.2) is 0 Å². The molecule has 0 atom stereocenters. The molecule has 0 saturated carbocycles. The Morgan fingerprint density at radius 2 is 1.67 bits per heavy atom. The van der Waals surface area contributed by atoms with Crippen LogP contribution in [0.5, 0.6) is 0 Å². The number of esters is 1. The van der Waals surface area contributed by atoms with Gasteiger partial charge in [-0.3, -0.25) is 0 Å². The summed E-state index contributed by atoms with van der Waals surface area (Å²) < 4.78 is 4.95. The van der Waals surface area contributed by atoms with Crippen LogP contribution in [0.25, 0.3) is 0 Å². The molecule has 0 rings (SSSR count). The second-order valence-corrected chi connectivity index (χ2v) is 3.76. The molecule has 0 fully saturated rings. The minimum atomic E-state index is -0.296. The molecular weight excluding hydrogens is 192 g/mol. The topological polar surface area (TPSA) is 46.5 Å². The number of carbonyl (C=O) groups excluding carboxylic acids is 1. The van der Waals surface area contributed by atoms with Gasteiger partial charge in [0.25, 0.3) is 0 Å². The number of aliphatic hydroxyl groups excluding tert-OH is 1. The van der Waals surface area contributed by atoms with Crippen molar-refractivity contribution in [2.24, 2.45) is 0 Å². The molecular formula is C12H22O3. The van der Waals surface area contributed by atoms with E-state index >= 15 is 0 Å². The van der Waals surface area contributed by atoms with Crippen molar-refractivity contribution in [1.82, 2.24) is 0 Å². The molecule has 0 aliphatic rings. The fraction of sp³-hybridized carbons (Fsp3) is 0.750. The molecule has 88 valence electrons. The molecule has 1 N–H and O–H groups in total. The molecule has 0 radical (unpaired) electrons. The van der Waals surface area contributed by atoms with Gasteiger partial charge < -0.3 is 9.84 Å². The number of hydrogen-bond donors (Lipinski definition) is 1. The Bertz CT molecular complexity index is 187. The second-order valence-electron chi connectivity index (χ2n) is 3.76. The molecule has 15 heavy (non-hydrogen) atoms. The van der Waals surface area contributed by atoms with Crippen molar-refractivity contribution in [2.75, 3.05) is 13.2 Å². The van der Waals surface area contributed by atoms with E-state index in [1.165, 1.54) is 0 Å². The first-order valence-electron chi connectivity index (χ1n) is 5.62. The van der Waals surface area contributed by atoms with Gasteiger partial charge in [-0.1, -0.05) is 32.3 Å². The first-order valence-corrected chi connectivity index (χ1v) is 5.62. The van der Waals surface area contributed by atoms with Gasteiger partial charge in [0.1, 0.15) is 0 Å². The van der Waals surface area contributed by atoms with Crippen molar-refractivity contribution in [3.63, 3.8) is 0 Å². The Balaban J connectivity index is 3.11. The summed E-state index contributed by atoms with van der Waals surface area (Å²) >= 11 is 0. The first kappa shape index (κ1) is 14.2. The van der Waals surface area contributed by atoms with Gasteiger partial charge in [-0.15, -0.1) is 0 Å². The van der Waals surface area contributed by atoms with Crippen LogP contribution in [0, 0.1) is 0 Å². The fourth-order valence-corrected chi connectivity index (χ4v) is 1.21. The van der Waals surface area contributed by atoms with Gasteiger partial charge in [-0.2, -0.15) is 0 Å². The molecule has 0 bridgehead atoms. The van der Waals surface area contributed by atoms with Crippen LogP contribution in [0.3, 0.4) is 0 Å². The molecule has 0 saturated heterocycles. The number of carbonyl (C=O) groups is 1. The van der Waals surface area contributed by atoms with Crippen LogP contribution in [0.15, 0.2) is 12.2 Å². The molecule has 0 aliphatic heterocycles. The molecule has 0 unspecified atom stereocenters. The van der Waals surface area contributed by atoms with Crippen molar-refractivity contribution in [3.05, 3.63) is 12.2 Å². The lowest BCUT2D eigenvalue weighted by atomic mass is 10.1. The smallest absolute Gasteiger partial charge is 0.333 e. The monoisotopic (exact) mass is 214 g/mol. The fourth-order valence-electron chi connectivity index (χ4n) is 1.21. The predicted octanol–water partition coefficient (Wildman–Crippen LogP) is 2.44. The molecule has 3 nitrogen and oxygen atoms in total. The van der Waals surface area contributed by atoms with Gasteiger partial charge in [0.2, 0.25) is 0 Å². The zero-order chi connectivity index (χ0) is 11.5. The Kier molecular flexibility index (Phi) is 9.18. The third-order valence-electron chi connectivity index (χ3n) is 2.13. The molecule has 0 spiro atoms. The van der Waals surface area contributed by atoms with E-state index < -0.39 is 0 Å². The second kappa shape index (κ2) is 9.71. The highest BCUT2D eigenvalue weighted by Gasteiger charge is 2.01. The summed E-state index contributed by atoms with van der Waals surface area (Å²) in [7, 11) is 0. The summed E-state index contributed by atoms with van der Waals surface area (Å²) in [5.41, 5.74) is 0.456. The molecule has 0 amide bonds. The van der Waals surface area contributed by atoms with Crippen molar-refractivity contribution in [3.8, 4) is 0 Å². The number of rotatable bonds is 9. The summed E-state index contributed by atoms with van der Waals surface area (Å²) in [6.07, 6.45) is 6.26. The Morgan fingerprint density at radius 1 is 1.13 bits per heavy atom. The minimum Gasteiger partial charge on any atom is -0.462 e. The number of ether oxygens (including phenoxy) is 1. The number of aliphatic hydroxyl groups is 1. The van der Waals surface area contributed by atoms with Crippen LogP contribution < -0.4 is 0 Å². The average molecular weight is 214 g/mol. The molecule has 0 aliphatic carbocycles. The Hall–Kier alpha value is -0.830. The highest BCUT2D eigenvalue weighted by molar-refractivity contribution is 5.86. The van der Waals surface area contributed by atoms with E-state index in [0.717, 1.165) is 38.5 Å². The molecule has 0 heterocycles. The maximum Gasteiger partial charge on any atom is 0.333 e. The lowest BCUT2D eigenvalue weighted by Crippen LogP contribution is -2.05. The third kappa shape index (κ3) is 9.47. The third-order valence-corrected chi connectivity index (χ3v) is 2.13. The van der Waals surface area contributed by atoms with Crippen LogP contribution in [0.1, 0.15) is 45.4 Å². The lowest BCUT2D eigenvalue weighted by molar-refractivity contribution is -0.139. The molecule has 0 aromatic rings. The van der Waals surface area contributed by atoms with E-state index in [2.05, 4.69) is 6.58 Å². The van der Waals surface area contributed by atoms with Gasteiger partial charge in [0.05, 0.1) is 6.61 Å². The molecule has 0 aromatic heterocycles. The zero-order valence-corrected chi connectivity index (χ0v) is 9.63. The SMILES string of the molecule is C=C(C)C(=O)OCCCCCCCCO.